The molecule has 0 aliphatic carbocycles. The minimum absolute atomic E-state index is 0.121. The fourth-order valence-corrected chi connectivity index (χ4v) is 2.47. The molecule has 0 spiro atoms. The number of amides is 1. The molecule has 0 saturated carbocycles. The number of benzene rings is 1. The van der Waals surface area contributed by atoms with Crippen molar-refractivity contribution in [3.05, 3.63) is 29.8 Å². The van der Waals surface area contributed by atoms with Gasteiger partial charge in [0.05, 0.1) is 13.0 Å². The van der Waals surface area contributed by atoms with Crippen molar-refractivity contribution in [2.75, 3.05) is 20.2 Å². The quantitative estimate of drug-likeness (QED) is 0.842. The van der Waals surface area contributed by atoms with E-state index in [9.17, 15) is 4.79 Å². The zero-order valence-corrected chi connectivity index (χ0v) is 11.6. The lowest BCUT2D eigenvalue weighted by atomic mass is 10.0. The Labute approximate surface area is 114 Å². The van der Waals surface area contributed by atoms with Crippen molar-refractivity contribution in [2.45, 2.75) is 25.8 Å². The van der Waals surface area contributed by atoms with Crippen LogP contribution in [0.3, 0.4) is 0 Å². The number of hydrogen-bond donors (Lipinski definition) is 2. The molecule has 19 heavy (non-hydrogen) atoms. The molecule has 4 heteroatoms. The van der Waals surface area contributed by atoms with E-state index < -0.39 is 0 Å². The average Bonchev–Trinajstić information content (AvgIpc) is 2.86. The lowest BCUT2D eigenvalue weighted by Gasteiger charge is -2.14. The third-order valence-corrected chi connectivity index (χ3v) is 3.73. The summed E-state index contributed by atoms with van der Waals surface area (Å²) in [7, 11) is 1.66. The van der Waals surface area contributed by atoms with E-state index in [0.29, 0.717) is 12.6 Å². The number of carbonyl (C=O) groups excluding carboxylic acids is 1. The van der Waals surface area contributed by atoms with Gasteiger partial charge in [0.1, 0.15) is 5.75 Å². The molecule has 2 unspecified atom stereocenters. The lowest BCUT2D eigenvalue weighted by molar-refractivity contribution is -0.125. The summed E-state index contributed by atoms with van der Waals surface area (Å²) in [5.41, 5.74) is 1.21. The predicted octanol–water partition coefficient (Wildman–Crippen LogP) is 1.35. The van der Waals surface area contributed by atoms with Gasteiger partial charge < -0.3 is 15.4 Å². The van der Waals surface area contributed by atoms with E-state index in [1.165, 1.54) is 5.56 Å². The van der Waals surface area contributed by atoms with Crippen LogP contribution in [0.25, 0.3) is 0 Å². The Morgan fingerprint density at radius 1 is 1.42 bits per heavy atom. The Balaban J connectivity index is 1.75. The monoisotopic (exact) mass is 262 g/mol. The maximum Gasteiger partial charge on any atom is 0.224 e. The van der Waals surface area contributed by atoms with Crippen molar-refractivity contribution in [2.24, 2.45) is 5.92 Å². The molecule has 1 aromatic rings. The van der Waals surface area contributed by atoms with Crippen LogP contribution >= 0.6 is 0 Å². The van der Waals surface area contributed by atoms with Crippen molar-refractivity contribution >= 4 is 5.91 Å². The average molecular weight is 262 g/mol. The summed E-state index contributed by atoms with van der Waals surface area (Å²) in [5, 5.41) is 6.32. The van der Waals surface area contributed by atoms with Gasteiger partial charge in [-0.1, -0.05) is 12.1 Å². The highest BCUT2D eigenvalue weighted by atomic mass is 16.5. The van der Waals surface area contributed by atoms with E-state index in [2.05, 4.69) is 17.6 Å². The third-order valence-electron chi connectivity index (χ3n) is 3.73. The number of methoxy groups -OCH3 is 1. The largest absolute Gasteiger partial charge is 0.497 e. The smallest absolute Gasteiger partial charge is 0.224 e. The van der Waals surface area contributed by atoms with Crippen molar-refractivity contribution in [1.29, 1.82) is 0 Å². The number of rotatable bonds is 5. The number of hydrogen-bond acceptors (Lipinski definition) is 3. The molecule has 2 N–H and O–H groups in total. The fraction of sp³-hybridized carbons (Fsp3) is 0.533. The molecule has 2 atom stereocenters. The molecule has 0 aromatic heterocycles. The summed E-state index contributed by atoms with van der Waals surface area (Å²) in [4.78, 5) is 12.0. The van der Waals surface area contributed by atoms with Crippen LogP contribution in [0, 0.1) is 5.92 Å². The normalized spacial score (nSPS) is 22.2. The summed E-state index contributed by atoms with van der Waals surface area (Å²) in [6, 6.07) is 8.25. The van der Waals surface area contributed by atoms with E-state index in [1.807, 2.05) is 24.3 Å². The second-order valence-electron chi connectivity index (χ2n) is 5.03. The minimum Gasteiger partial charge on any atom is -0.497 e. The third kappa shape index (κ3) is 3.70. The molecule has 0 radical (unpaired) electrons. The van der Waals surface area contributed by atoms with Crippen LogP contribution in [0.4, 0.5) is 0 Å². The predicted molar refractivity (Wildman–Crippen MR) is 75.3 cm³/mol. The first kappa shape index (κ1) is 13.9. The molecule has 2 rings (SSSR count). The minimum atomic E-state index is 0.121. The Hall–Kier alpha value is -1.55. The van der Waals surface area contributed by atoms with Crippen LogP contribution in [0.2, 0.25) is 0 Å². The van der Waals surface area contributed by atoms with Crippen molar-refractivity contribution in [3.63, 3.8) is 0 Å². The molecule has 1 amide bonds. The lowest BCUT2D eigenvalue weighted by Crippen LogP contribution is -2.37. The molecule has 1 aromatic carbocycles. The Morgan fingerprint density at radius 3 is 2.74 bits per heavy atom. The maximum atomic E-state index is 12.0. The molecule has 1 aliphatic heterocycles. The fourth-order valence-electron chi connectivity index (χ4n) is 2.47. The number of nitrogens with one attached hydrogen (secondary N) is 2. The molecular formula is C15H22N2O2. The van der Waals surface area contributed by atoms with Crippen LogP contribution < -0.4 is 15.4 Å². The molecule has 1 aliphatic rings. The molecule has 1 heterocycles. The Kier molecular flexibility index (Phi) is 4.80. The first-order chi connectivity index (χ1) is 9.20. The summed E-state index contributed by atoms with van der Waals surface area (Å²) < 4.78 is 5.11. The molecular weight excluding hydrogens is 240 g/mol. The van der Waals surface area contributed by atoms with Gasteiger partial charge in [0.15, 0.2) is 0 Å². The topological polar surface area (TPSA) is 50.4 Å². The van der Waals surface area contributed by atoms with Gasteiger partial charge in [0, 0.05) is 12.6 Å². The second-order valence-corrected chi connectivity index (χ2v) is 5.03. The van der Waals surface area contributed by atoms with Crippen LogP contribution in [-0.2, 0) is 11.2 Å². The van der Waals surface area contributed by atoms with E-state index in [0.717, 1.165) is 25.1 Å². The maximum absolute atomic E-state index is 12.0. The first-order valence-corrected chi connectivity index (χ1v) is 6.84. The van der Waals surface area contributed by atoms with Gasteiger partial charge in [-0.2, -0.15) is 0 Å². The van der Waals surface area contributed by atoms with Gasteiger partial charge in [-0.3, -0.25) is 4.79 Å². The van der Waals surface area contributed by atoms with Crippen molar-refractivity contribution in [3.8, 4) is 5.75 Å². The van der Waals surface area contributed by atoms with E-state index >= 15 is 0 Å². The van der Waals surface area contributed by atoms with Crippen LogP contribution in [0.5, 0.6) is 5.75 Å². The highest BCUT2D eigenvalue weighted by Crippen LogP contribution is 2.15. The van der Waals surface area contributed by atoms with E-state index in [4.69, 9.17) is 4.74 Å². The zero-order valence-electron chi connectivity index (χ0n) is 11.6. The van der Waals surface area contributed by atoms with Gasteiger partial charge in [0.2, 0.25) is 5.91 Å². The molecule has 4 nitrogen and oxygen atoms in total. The zero-order chi connectivity index (χ0) is 13.7. The van der Waals surface area contributed by atoms with Gasteiger partial charge >= 0.3 is 0 Å². The Bertz CT molecular complexity index is 417. The van der Waals surface area contributed by atoms with Gasteiger partial charge in [0.25, 0.3) is 0 Å². The van der Waals surface area contributed by atoms with Gasteiger partial charge in [-0.25, -0.2) is 0 Å². The summed E-state index contributed by atoms with van der Waals surface area (Å²) in [6.45, 7) is 3.70. The van der Waals surface area contributed by atoms with Crippen LogP contribution in [0.1, 0.15) is 18.9 Å². The molecule has 104 valence electrons. The van der Waals surface area contributed by atoms with Crippen LogP contribution in [0.15, 0.2) is 24.3 Å². The standard InChI is InChI=1S/C15H22N2O2/c1-11-14(8-10-16-11)15(18)17-9-7-12-3-5-13(19-2)6-4-12/h3-6,11,14,16H,7-10H2,1-2H3,(H,17,18). The highest BCUT2D eigenvalue weighted by Gasteiger charge is 2.28. The number of ether oxygens (including phenoxy) is 1. The highest BCUT2D eigenvalue weighted by molar-refractivity contribution is 5.79. The first-order valence-electron chi connectivity index (χ1n) is 6.84. The van der Waals surface area contributed by atoms with E-state index in [1.54, 1.807) is 7.11 Å². The Morgan fingerprint density at radius 2 is 2.16 bits per heavy atom. The van der Waals surface area contributed by atoms with Gasteiger partial charge in [-0.05, 0) is 44.0 Å². The number of carbonyl (C=O) groups is 1. The second kappa shape index (κ2) is 6.57. The molecule has 1 saturated heterocycles. The summed E-state index contributed by atoms with van der Waals surface area (Å²) >= 11 is 0. The van der Waals surface area contributed by atoms with Crippen LogP contribution in [-0.4, -0.2) is 32.1 Å². The van der Waals surface area contributed by atoms with Crippen molar-refractivity contribution in [1.82, 2.24) is 10.6 Å². The van der Waals surface area contributed by atoms with E-state index in [-0.39, 0.29) is 11.8 Å². The molecule has 0 bridgehead atoms. The SMILES string of the molecule is COc1ccc(CCNC(=O)C2CCNC2C)cc1. The summed E-state index contributed by atoms with van der Waals surface area (Å²) in [6.07, 6.45) is 1.79. The molecule has 1 fully saturated rings. The summed E-state index contributed by atoms with van der Waals surface area (Å²) in [5.74, 6) is 1.15. The van der Waals surface area contributed by atoms with Crippen molar-refractivity contribution < 1.29 is 9.53 Å². The van der Waals surface area contributed by atoms with Gasteiger partial charge in [-0.15, -0.1) is 0 Å².